The molecule has 2 aliphatic rings. The predicted molar refractivity (Wildman–Crippen MR) is 116 cm³/mol. The van der Waals surface area contributed by atoms with Gasteiger partial charge in [0.2, 0.25) is 0 Å². The van der Waals surface area contributed by atoms with Gasteiger partial charge >= 0.3 is 0 Å². The Morgan fingerprint density at radius 2 is 2.03 bits per heavy atom. The van der Waals surface area contributed by atoms with Crippen molar-refractivity contribution in [1.29, 1.82) is 0 Å². The summed E-state index contributed by atoms with van der Waals surface area (Å²) in [6, 6.07) is 3.59. The quantitative estimate of drug-likeness (QED) is 0.762. The molecule has 2 aliphatic heterocycles. The number of aromatic amines is 1. The molecule has 1 aromatic carbocycles. The Bertz CT molecular complexity index is 1070. The van der Waals surface area contributed by atoms with Gasteiger partial charge in [-0.2, -0.15) is 0 Å². The molecule has 30 heavy (non-hydrogen) atoms. The molecule has 1 fully saturated rings. The number of pyridine rings is 1. The zero-order valence-electron chi connectivity index (χ0n) is 17.2. The van der Waals surface area contributed by atoms with E-state index in [2.05, 4.69) is 4.98 Å². The highest BCUT2D eigenvalue weighted by molar-refractivity contribution is 6.38. The molecule has 2 aromatic rings. The minimum atomic E-state index is -0.246. The van der Waals surface area contributed by atoms with Crippen LogP contribution in [0.5, 0.6) is 5.75 Å². The van der Waals surface area contributed by atoms with Crippen molar-refractivity contribution in [2.75, 3.05) is 13.2 Å². The van der Waals surface area contributed by atoms with Gasteiger partial charge < -0.3 is 19.4 Å². The Morgan fingerprint density at radius 3 is 2.70 bits per heavy atom. The van der Waals surface area contributed by atoms with Crippen LogP contribution in [0.3, 0.4) is 0 Å². The van der Waals surface area contributed by atoms with Crippen LogP contribution in [0, 0.1) is 13.8 Å². The van der Waals surface area contributed by atoms with Crippen LogP contribution >= 0.6 is 23.2 Å². The van der Waals surface area contributed by atoms with Gasteiger partial charge in [-0.25, -0.2) is 0 Å². The van der Waals surface area contributed by atoms with Gasteiger partial charge in [0, 0.05) is 35.3 Å². The van der Waals surface area contributed by atoms with Crippen molar-refractivity contribution in [3.05, 3.63) is 60.5 Å². The second-order valence-corrected chi connectivity index (χ2v) is 8.85. The molecule has 160 valence electrons. The fourth-order valence-corrected chi connectivity index (χ4v) is 4.74. The number of fused-ring (bicyclic) bond motifs is 1. The van der Waals surface area contributed by atoms with Crippen LogP contribution in [0.2, 0.25) is 10.0 Å². The monoisotopic (exact) mass is 450 g/mol. The Morgan fingerprint density at radius 1 is 1.27 bits per heavy atom. The molecule has 0 saturated carbocycles. The fourth-order valence-electron chi connectivity index (χ4n) is 4.16. The largest absolute Gasteiger partial charge is 0.486 e. The number of carbonyl (C=O) groups excluding carboxylic acids is 1. The van der Waals surface area contributed by atoms with E-state index in [1.54, 1.807) is 11.0 Å². The molecule has 1 saturated heterocycles. The Hall–Kier alpha value is -2.02. The van der Waals surface area contributed by atoms with Crippen molar-refractivity contribution in [2.24, 2.45) is 0 Å². The normalized spacial score (nSPS) is 21.1. The maximum absolute atomic E-state index is 13.3. The summed E-state index contributed by atoms with van der Waals surface area (Å²) < 4.78 is 11.6. The number of carbonyl (C=O) groups is 1. The van der Waals surface area contributed by atoms with Crippen LogP contribution in [-0.4, -0.2) is 41.2 Å². The van der Waals surface area contributed by atoms with Gasteiger partial charge in [-0.05, 0) is 44.4 Å². The van der Waals surface area contributed by atoms with Gasteiger partial charge in [-0.1, -0.05) is 23.2 Å². The lowest BCUT2D eigenvalue weighted by Gasteiger charge is -2.30. The molecule has 1 aromatic heterocycles. The van der Waals surface area contributed by atoms with Crippen LogP contribution in [0.1, 0.15) is 46.1 Å². The van der Waals surface area contributed by atoms with E-state index < -0.39 is 0 Å². The van der Waals surface area contributed by atoms with Crippen molar-refractivity contribution in [1.82, 2.24) is 9.88 Å². The number of rotatable bonds is 4. The lowest BCUT2D eigenvalue weighted by Crippen LogP contribution is -2.39. The third-order valence-electron chi connectivity index (χ3n) is 5.71. The number of benzene rings is 1. The molecule has 0 bridgehead atoms. The number of ether oxygens (including phenoxy) is 2. The van der Waals surface area contributed by atoms with E-state index >= 15 is 0 Å². The summed E-state index contributed by atoms with van der Waals surface area (Å²) in [6.45, 7) is 6.85. The summed E-state index contributed by atoms with van der Waals surface area (Å²) in [6.07, 6.45) is 1.30. The minimum Gasteiger partial charge on any atom is -0.486 e. The van der Waals surface area contributed by atoms with Crippen molar-refractivity contribution in [3.8, 4) is 5.75 Å². The van der Waals surface area contributed by atoms with E-state index in [-0.39, 0.29) is 35.2 Å². The summed E-state index contributed by atoms with van der Waals surface area (Å²) >= 11 is 13.1. The van der Waals surface area contributed by atoms with E-state index in [1.807, 2.05) is 26.8 Å². The maximum atomic E-state index is 13.3. The van der Waals surface area contributed by atoms with E-state index in [0.29, 0.717) is 41.5 Å². The smallest absolute Gasteiger partial charge is 0.256 e. The van der Waals surface area contributed by atoms with Crippen LogP contribution in [0.15, 0.2) is 16.9 Å². The standard InChI is InChI=1S/C22H24Cl2N2O4/c1-11-6-12(2)25-21(27)16(11)9-26-5-4-15-17(23)8-18(20(24)19(15)22(26)28)30-14-7-13(3)29-10-14/h6,8,13-14H,4-5,7,9-10H2,1-3H3,(H,25,27)/t13-,14-/m1/s1. The van der Waals surface area contributed by atoms with E-state index in [4.69, 9.17) is 32.7 Å². The minimum absolute atomic E-state index is 0.120. The second-order valence-electron chi connectivity index (χ2n) is 8.06. The van der Waals surface area contributed by atoms with E-state index in [1.165, 1.54) is 0 Å². The maximum Gasteiger partial charge on any atom is 0.256 e. The third-order valence-corrected chi connectivity index (χ3v) is 6.43. The van der Waals surface area contributed by atoms with Crippen LogP contribution in [0.4, 0.5) is 0 Å². The summed E-state index contributed by atoms with van der Waals surface area (Å²) in [5.41, 5.74) is 3.12. The summed E-state index contributed by atoms with van der Waals surface area (Å²) in [4.78, 5) is 30.2. The van der Waals surface area contributed by atoms with Gasteiger partial charge in [0.25, 0.3) is 11.5 Å². The first-order valence-electron chi connectivity index (χ1n) is 10.0. The summed E-state index contributed by atoms with van der Waals surface area (Å²) in [5, 5.41) is 0.729. The van der Waals surface area contributed by atoms with Crippen molar-refractivity contribution >= 4 is 29.1 Å². The number of aryl methyl sites for hydroxylation is 2. The van der Waals surface area contributed by atoms with Crippen molar-refractivity contribution in [3.63, 3.8) is 0 Å². The first kappa shape index (κ1) is 21.2. The average molecular weight is 451 g/mol. The molecule has 2 atom stereocenters. The first-order chi connectivity index (χ1) is 14.2. The number of hydrogen-bond acceptors (Lipinski definition) is 4. The molecule has 1 N–H and O–H groups in total. The molecule has 0 unspecified atom stereocenters. The highest BCUT2D eigenvalue weighted by Crippen LogP contribution is 2.40. The molecule has 6 nitrogen and oxygen atoms in total. The van der Waals surface area contributed by atoms with Crippen LogP contribution < -0.4 is 10.3 Å². The lowest BCUT2D eigenvalue weighted by atomic mass is 9.97. The highest BCUT2D eigenvalue weighted by atomic mass is 35.5. The van der Waals surface area contributed by atoms with Crippen LogP contribution in [0.25, 0.3) is 0 Å². The summed E-state index contributed by atoms with van der Waals surface area (Å²) in [5.74, 6) is 0.145. The molecule has 0 spiro atoms. The Labute approximate surface area is 185 Å². The first-order valence-corrected chi connectivity index (χ1v) is 10.8. The molecule has 8 heteroatoms. The summed E-state index contributed by atoms with van der Waals surface area (Å²) in [7, 11) is 0. The number of hydrogen-bond donors (Lipinski definition) is 1. The van der Waals surface area contributed by atoms with Crippen molar-refractivity contribution < 1.29 is 14.3 Å². The molecular formula is C22H24Cl2N2O4. The lowest BCUT2D eigenvalue weighted by molar-refractivity contribution is 0.0725. The number of halogens is 2. The number of H-pyrrole nitrogens is 1. The number of amides is 1. The topological polar surface area (TPSA) is 71.6 Å². The Balaban J connectivity index is 1.64. The number of nitrogens with one attached hydrogen (secondary N) is 1. The fraction of sp³-hybridized carbons (Fsp3) is 0.455. The van der Waals surface area contributed by atoms with Gasteiger partial charge in [0.05, 0.1) is 29.8 Å². The highest BCUT2D eigenvalue weighted by Gasteiger charge is 2.32. The third kappa shape index (κ3) is 3.96. The predicted octanol–water partition coefficient (Wildman–Crippen LogP) is 4.05. The van der Waals surface area contributed by atoms with Gasteiger partial charge in [0.1, 0.15) is 11.9 Å². The van der Waals surface area contributed by atoms with E-state index in [0.717, 1.165) is 23.2 Å². The second kappa shape index (κ2) is 8.25. The average Bonchev–Trinajstić information content (AvgIpc) is 3.08. The molecule has 0 radical (unpaired) electrons. The SMILES string of the molecule is Cc1cc(C)c(CN2CCc3c(Cl)cc(O[C@H]4CO[C@H](C)C4)c(Cl)c3C2=O)c(=O)[nH]1. The van der Waals surface area contributed by atoms with E-state index in [9.17, 15) is 9.59 Å². The number of nitrogens with zero attached hydrogens (tertiary/aromatic N) is 1. The molecule has 4 rings (SSSR count). The van der Waals surface area contributed by atoms with Gasteiger partial charge in [-0.15, -0.1) is 0 Å². The Kier molecular flexibility index (Phi) is 5.84. The molecular weight excluding hydrogens is 427 g/mol. The number of aromatic nitrogens is 1. The molecule has 0 aliphatic carbocycles. The van der Waals surface area contributed by atoms with Gasteiger partial charge in [-0.3, -0.25) is 9.59 Å². The van der Waals surface area contributed by atoms with Gasteiger partial charge in [0.15, 0.2) is 0 Å². The zero-order chi connectivity index (χ0) is 21.6. The van der Waals surface area contributed by atoms with Crippen LogP contribution in [-0.2, 0) is 17.7 Å². The molecule has 3 heterocycles. The zero-order valence-corrected chi connectivity index (χ0v) is 18.7. The molecule has 1 amide bonds. The van der Waals surface area contributed by atoms with Crippen molar-refractivity contribution in [2.45, 2.75) is 52.4 Å².